The summed E-state index contributed by atoms with van der Waals surface area (Å²) in [6.07, 6.45) is 1.84. The monoisotopic (exact) mass is 554 g/mol. The lowest BCUT2D eigenvalue weighted by Gasteiger charge is -2.55. The third kappa shape index (κ3) is 4.94. The molecule has 11 heteroatoms. The van der Waals surface area contributed by atoms with Crippen LogP contribution in [0.15, 0.2) is 18.2 Å². The highest BCUT2D eigenvalue weighted by Crippen LogP contribution is 2.40. The van der Waals surface area contributed by atoms with Gasteiger partial charge in [-0.3, -0.25) is 29.4 Å². The first-order valence-corrected chi connectivity index (χ1v) is 14.3. The number of aliphatic hydroxyl groups excluding tert-OH is 1. The standard InChI is InChI=1S/C29H42N6O5/c1-28(2,3)29(18-36)17-33(14-15-35(29)27(39)40)16-19-10-12-34(13-11-19)22-7-5-6-20-24(31-32(4)25(20)22)21-8-9-23(37)30-26(21)38/h5-7,19,21,36H,8-18H2,1-4H3,(H,39,40)(H,30,37,38)/t21?,29-/m0/s1. The van der Waals surface area contributed by atoms with Crippen molar-refractivity contribution in [3.8, 4) is 0 Å². The van der Waals surface area contributed by atoms with Crippen LogP contribution in [-0.4, -0.2) is 99.1 Å². The van der Waals surface area contributed by atoms with Gasteiger partial charge in [0.15, 0.2) is 0 Å². The van der Waals surface area contributed by atoms with Crippen LogP contribution in [0, 0.1) is 11.3 Å². The van der Waals surface area contributed by atoms with Crippen molar-refractivity contribution < 1.29 is 24.6 Å². The molecule has 0 aliphatic carbocycles. The molecule has 3 aliphatic rings. The summed E-state index contributed by atoms with van der Waals surface area (Å²) in [5.74, 6) is -0.450. The largest absolute Gasteiger partial charge is 0.465 e. The number of amides is 3. The van der Waals surface area contributed by atoms with E-state index in [-0.39, 0.29) is 18.4 Å². The highest BCUT2D eigenvalue weighted by Gasteiger charge is 2.52. The number of para-hydroxylation sites is 1. The highest BCUT2D eigenvalue weighted by atomic mass is 16.4. The predicted molar refractivity (Wildman–Crippen MR) is 151 cm³/mol. The number of rotatable bonds is 5. The molecule has 3 fully saturated rings. The van der Waals surface area contributed by atoms with Crippen LogP contribution in [-0.2, 0) is 16.6 Å². The molecular weight excluding hydrogens is 512 g/mol. The van der Waals surface area contributed by atoms with E-state index in [1.165, 1.54) is 4.90 Å². The van der Waals surface area contributed by atoms with Crippen molar-refractivity contribution in [1.82, 2.24) is 24.9 Å². The second-order valence-corrected chi connectivity index (χ2v) is 12.7. The molecule has 3 saturated heterocycles. The number of aromatic nitrogens is 2. The van der Waals surface area contributed by atoms with E-state index in [1.54, 1.807) is 0 Å². The molecule has 0 saturated carbocycles. The second-order valence-electron chi connectivity index (χ2n) is 12.7. The molecular formula is C29H42N6O5. The van der Waals surface area contributed by atoms with Gasteiger partial charge in [-0.05, 0) is 36.7 Å². The minimum absolute atomic E-state index is 0.201. The van der Waals surface area contributed by atoms with Gasteiger partial charge in [0.25, 0.3) is 0 Å². The van der Waals surface area contributed by atoms with Crippen LogP contribution in [0.25, 0.3) is 10.9 Å². The summed E-state index contributed by atoms with van der Waals surface area (Å²) < 4.78 is 1.86. The first-order chi connectivity index (χ1) is 18.9. The van der Waals surface area contributed by atoms with Gasteiger partial charge in [0.2, 0.25) is 11.8 Å². The summed E-state index contributed by atoms with van der Waals surface area (Å²) in [6.45, 7) is 10.1. The molecule has 2 aromatic rings. The number of piperazine rings is 1. The average molecular weight is 555 g/mol. The third-order valence-corrected chi connectivity index (χ3v) is 9.44. The molecule has 218 valence electrons. The SMILES string of the molecule is Cn1nc(C2CCC(=O)NC2=O)c2cccc(N3CCC(CN4CCN(C(=O)O)[C@@](CO)(C(C)(C)C)C4)CC3)c21. The summed E-state index contributed by atoms with van der Waals surface area (Å²) in [4.78, 5) is 42.4. The third-order valence-electron chi connectivity index (χ3n) is 9.44. The molecule has 1 aromatic heterocycles. The van der Waals surface area contributed by atoms with Crippen molar-refractivity contribution in [2.75, 3.05) is 50.8 Å². The van der Waals surface area contributed by atoms with Gasteiger partial charge in [-0.2, -0.15) is 5.10 Å². The number of aryl methyl sites for hydroxylation is 1. The molecule has 2 atom stereocenters. The zero-order valence-electron chi connectivity index (χ0n) is 24.0. The number of anilines is 1. The van der Waals surface area contributed by atoms with Crippen molar-refractivity contribution >= 4 is 34.5 Å². The van der Waals surface area contributed by atoms with Crippen LogP contribution in [0.3, 0.4) is 0 Å². The maximum absolute atomic E-state index is 12.6. The number of nitrogens with one attached hydrogen (secondary N) is 1. The molecule has 11 nitrogen and oxygen atoms in total. The van der Waals surface area contributed by atoms with Gasteiger partial charge in [-0.25, -0.2) is 4.79 Å². The fourth-order valence-corrected chi connectivity index (χ4v) is 6.97. The van der Waals surface area contributed by atoms with Crippen molar-refractivity contribution in [2.45, 2.75) is 57.9 Å². The van der Waals surface area contributed by atoms with Crippen LogP contribution in [0.1, 0.15) is 58.1 Å². The Morgan fingerprint density at radius 2 is 1.85 bits per heavy atom. The smallest absolute Gasteiger partial charge is 0.407 e. The number of piperidine rings is 2. The number of carbonyl (C=O) groups excluding carboxylic acids is 2. The molecule has 3 N–H and O–H groups in total. The van der Waals surface area contributed by atoms with Crippen LogP contribution < -0.4 is 10.2 Å². The van der Waals surface area contributed by atoms with E-state index in [0.29, 0.717) is 38.4 Å². The van der Waals surface area contributed by atoms with Crippen molar-refractivity contribution in [3.05, 3.63) is 23.9 Å². The number of benzene rings is 1. The molecule has 0 radical (unpaired) electrons. The Hall–Kier alpha value is -3.18. The molecule has 1 unspecified atom stereocenters. The molecule has 0 spiro atoms. The quantitative estimate of drug-likeness (QED) is 0.480. The van der Waals surface area contributed by atoms with Gasteiger partial charge in [0.05, 0.1) is 35.0 Å². The number of hydrogen-bond donors (Lipinski definition) is 3. The summed E-state index contributed by atoms with van der Waals surface area (Å²) >= 11 is 0. The van der Waals surface area contributed by atoms with E-state index in [1.807, 2.05) is 44.6 Å². The van der Waals surface area contributed by atoms with Crippen molar-refractivity contribution in [2.24, 2.45) is 18.4 Å². The van der Waals surface area contributed by atoms with Crippen LogP contribution in [0.2, 0.25) is 0 Å². The lowest BCUT2D eigenvalue weighted by molar-refractivity contribution is -0.134. The maximum Gasteiger partial charge on any atom is 0.407 e. The van der Waals surface area contributed by atoms with E-state index >= 15 is 0 Å². The number of imide groups is 1. The summed E-state index contributed by atoms with van der Waals surface area (Å²) in [6, 6.07) is 6.14. The molecule has 3 amide bonds. The maximum atomic E-state index is 12.6. The predicted octanol–water partition coefficient (Wildman–Crippen LogP) is 2.38. The summed E-state index contributed by atoms with van der Waals surface area (Å²) in [5.41, 5.74) is 1.59. The molecule has 0 bridgehead atoms. The van der Waals surface area contributed by atoms with E-state index in [4.69, 9.17) is 5.10 Å². The average Bonchev–Trinajstić information content (AvgIpc) is 3.24. The molecule has 3 aliphatic heterocycles. The van der Waals surface area contributed by atoms with Gasteiger partial charge in [-0.1, -0.05) is 32.9 Å². The van der Waals surface area contributed by atoms with Crippen molar-refractivity contribution in [1.29, 1.82) is 0 Å². The topological polar surface area (TPSA) is 131 Å². The number of nitrogens with zero attached hydrogens (tertiary/aromatic N) is 5. The second kappa shape index (κ2) is 10.7. The fraction of sp³-hybridized carbons (Fsp3) is 0.655. The normalized spacial score (nSPS) is 25.5. The van der Waals surface area contributed by atoms with Crippen LogP contribution >= 0.6 is 0 Å². The Labute approximate surface area is 235 Å². The van der Waals surface area contributed by atoms with E-state index in [9.17, 15) is 24.6 Å². The summed E-state index contributed by atoms with van der Waals surface area (Å²) in [7, 11) is 1.91. The molecule has 1 aromatic carbocycles. The van der Waals surface area contributed by atoms with Gasteiger partial charge < -0.3 is 15.1 Å². The van der Waals surface area contributed by atoms with E-state index < -0.39 is 23.0 Å². The van der Waals surface area contributed by atoms with Crippen LogP contribution in [0.4, 0.5) is 10.5 Å². The number of carbonyl (C=O) groups is 3. The van der Waals surface area contributed by atoms with Crippen molar-refractivity contribution in [3.63, 3.8) is 0 Å². The Bertz CT molecular complexity index is 1290. The summed E-state index contributed by atoms with van der Waals surface area (Å²) in [5, 5.41) is 28.4. The molecule has 40 heavy (non-hydrogen) atoms. The van der Waals surface area contributed by atoms with E-state index in [0.717, 1.165) is 54.8 Å². The highest BCUT2D eigenvalue weighted by molar-refractivity contribution is 6.03. The minimum Gasteiger partial charge on any atom is -0.465 e. The van der Waals surface area contributed by atoms with E-state index in [2.05, 4.69) is 21.2 Å². The Kier molecular flexibility index (Phi) is 7.56. The number of carboxylic acid groups (broad SMARTS) is 1. The number of hydrogen-bond acceptors (Lipinski definition) is 7. The lowest BCUT2D eigenvalue weighted by Crippen LogP contribution is -2.71. The first-order valence-electron chi connectivity index (χ1n) is 14.3. The fourth-order valence-electron chi connectivity index (χ4n) is 6.97. The van der Waals surface area contributed by atoms with Gasteiger partial charge in [-0.15, -0.1) is 0 Å². The number of fused-ring (bicyclic) bond motifs is 1. The Morgan fingerprint density at radius 1 is 1.12 bits per heavy atom. The minimum atomic E-state index is -0.970. The number of aliphatic hydroxyl groups is 1. The van der Waals surface area contributed by atoms with Gasteiger partial charge in [0, 0.05) is 58.1 Å². The van der Waals surface area contributed by atoms with Crippen LogP contribution in [0.5, 0.6) is 0 Å². The molecule has 4 heterocycles. The van der Waals surface area contributed by atoms with Gasteiger partial charge in [0.1, 0.15) is 0 Å². The first kappa shape index (κ1) is 28.4. The Morgan fingerprint density at radius 3 is 2.48 bits per heavy atom. The zero-order chi connectivity index (χ0) is 28.8. The van der Waals surface area contributed by atoms with Gasteiger partial charge >= 0.3 is 6.09 Å². The molecule has 5 rings (SSSR count). The lowest BCUT2D eigenvalue weighted by atomic mass is 9.71. The zero-order valence-corrected chi connectivity index (χ0v) is 24.0. The Balaban J connectivity index is 1.28.